The van der Waals surface area contributed by atoms with E-state index in [4.69, 9.17) is 17.2 Å². The van der Waals surface area contributed by atoms with Crippen LogP contribution in [0.5, 0.6) is 0 Å². The summed E-state index contributed by atoms with van der Waals surface area (Å²) in [6.45, 7) is 8.23. The van der Waals surface area contributed by atoms with E-state index in [1.165, 1.54) is 16.7 Å². The summed E-state index contributed by atoms with van der Waals surface area (Å²) in [7, 11) is 0. The molecule has 5 heteroatoms. The summed E-state index contributed by atoms with van der Waals surface area (Å²) in [5, 5.41) is 4.24. The van der Waals surface area contributed by atoms with Crippen LogP contribution in [0.25, 0.3) is 11.0 Å². The Labute approximate surface area is 166 Å². The fraction of sp³-hybridized carbons (Fsp3) is 0.364. The van der Waals surface area contributed by atoms with E-state index in [-0.39, 0.29) is 0 Å². The van der Waals surface area contributed by atoms with Gasteiger partial charge in [-0.3, -0.25) is 0 Å². The monoisotopic (exact) mass is 378 g/mol. The number of anilines is 1. The second kappa shape index (κ2) is 7.31. The van der Waals surface area contributed by atoms with E-state index in [9.17, 15) is 0 Å². The molecule has 0 radical (unpaired) electrons. The van der Waals surface area contributed by atoms with Gasteiger partial charge in [-0.1, -0.05) is 23.8 Å². The zero-order chi connectivity index (χ0) is 19.0. The van der Waals surface area contributed by atoms with Crippen LogP contribution in [-0.2, 0) is 0 Å². The van der Waals surface area contributed by atoms with Crippen LogP contribution >= 0.6 is 12.2 Å². The van der Waals surface area contributed by atoms with E-state index in [2.05, 4.69) is 72.4 Å². The molecule has 27 heavy (non-hydrogen) atoms. The van der Waals surface area contributed by atoms with Crippen molar-refractivity contribution in [3.05, 3.63) is 58.9 Å². The molecular formula is C22H26N4S. The Balaban J connectivity index is 1.49. The number of nitrogens with one attached hydrogen (secondary N) is 2. The van der Waals surface area contributed by atoms with E-state index in [1.54, 1.807) is 0 Å². The van der Waals surface area contributed by atoms with Crippen molar-refractivity contribution in [1.82, 2.24) is 14.9 Å². The topological polar surface area (TPSA) is 44.0 Å². The number of nitrogens with zero attached hydrogens (tertiary/aromatic N) is 2. The largest absolute Gasteiger partial charge is 0.348 e. The van der Waals surface area contributed by atoms with Gasteiger partial charge in [-0.2, -0.15) is 0 Å². The summed E-state index contributed by atoms with van der Waals surface area (Å²) in [6, 6.07) is 12.8. The molecule has 1 aliphatic rings. The molecular weight excluding hydrogens is 352 g/mol. The van der Waals surface area contributed by atoms with Gasteiger partial charge in [0.25, 0.3) is 0 Å². The summed E-state index contributed by atoms with van der Waals surface area (Å²) in [5.74, 6) is 1.46. The highest BCUT2D eigenvalue weighted by molar-refractivity contribution is 7.80. The molecule has 1 fully saturated rings. The highest BCUT2D eigenvalue weighted by Gasteiger charge is 2.25. The SMILES string of the molecule is Cc1ccc(NC(=S)N2CCC[C@H](c3nc4ccc(C)cc4[nH]3)C2)c(C)c1. The summed E-state index contributed by atoms with van der Waals surface area (Å²) in [6.07, 6.45) is 2.26. The van der Waals surface area contributed by atoms with E-state index in [0.717, 1.165) is 53.6 Å². The Morgan fingerprint density at radius 2 is 1.93 bits per heavy atom. The first kappa shape index (κ1) is 18.0. The maximum absolute atomic E-state index is 5.72. The Kier molecular flexibility index (Phi) is 4.87. The Bertz CT molecular complexity index is 991. The molecule has 0 saturated carbocycles. The highest BCUT2D eigenvalue weighted by Crippen LogP contribution is 2.28. The summed E-state index contributed by atoms with van der Waals surface area (Å²) < 4.78 is 0. The number of benzene rings is 2. The van der Waals surface area contributed by atoms with E-state index < -0.39 is 0 Å². The molecule has 4 rings (SSSR count). The fourth-order valence-corrected chi connectivity index (χ4v) is 4.15. The Morgan fingerprint density at radius 3 is 2.74 bits per heavy atom. The zero-order valence-electron chi connectivity index (χ0n) is 16.2. The summed E-state index contributed by atoms with van der Waals surface area (Å²) >= 11 is 5.72. The van der Waals surface area contributed by atoms with Gasteiger partial charge in [-0.15, -0.1) is 0 Å². The van der Waals surface area contributed by atoms with E-state index >= 15 is 0 Å². The molecule has 1 saturated heterocycles. The molecule has 0 bridgehead atoms. The number of fused-ring (bicyclic) bond motifs is 1. The van der Waals surface area contributed by atoms with Crippen LogP contribution in [0.4, 0.5) is 5.69 Å². The van der Waals surface area contributed by atoms with Crippen molar-refractivity contribution in [3.8, 4) is 0 Å². The zero-order valence-corrected chi connectivity index (χ0v) is 17.0. The first-order valence-electron chi connectivity index (χ1n) is 9.59. The van der Waals surface area contributed by atoms with Gasteiger partial charge in [0.1, 0.15) is 5.82 Å². The number of piperidine rings is 1. The fourth-order valence-electron chi connectivity index (χ4n) is 3.87. The average Bonchev–Trinajstić information content (AvgIpc) is 3.07. The number of likely N-dealkylation sites (tertiary alicyclic amines) is 1. The van der Waals surface area contributed by atoms with Crippen LogP contribution in [0, 0.1) is 20.8 Å². The normalized spacial score (nSPS) is 17.3. The Morgan fingerprint density at radius 1 is 1.15 bits per heavy atom. The van der Waals surface area contributed by atoms with Gasteiger partial charge in [0.05, 0.1) is 11.0 Å². The molecule has 140 valence electrons. The lowest BCUT2D eigenvalue weighted by molar-refractivity contribution is 0.307. The van der Waals surface area contributed by atoms with Gasteiger partial charge in [0, 0.05) is 24.7 Å². The molecule has 4 nitrogen and oxygen atoms in total. The smallest absolute Gasteiger partial charge is 0.173 e. The van der Waals surface area contributed by atoms with Crippen LogP contribution in [0.2, 0.25) is 0 Å². The van der Waals surface area contributed by atoms with Crippen LogP contribution in [-0.4, -0.2) is 33.1 Å². The van der Waals surface area contributed by atoms with Crippen LogP contribution in [0.1, 0.15) is 41.3 Å². The number of H-pyrrole nitrogens is 1. The molecule has 1 atom stereocenters. The third-order valence-electron chi connectivity index (χ3n) is 5.37. The third-order valence-corrected chi connectivity index (χ3v) is 5.73. The highest BCUT2D eigenvalue weighted by atomic mass is 32.1. The molecule has 2 heterocycles. The Hall–Kier alpha value is -2.40. The minimum atomic E-state index is 0.380. The lowest BCUT2D eigenvalue weighted by Gasteiger charge is -2.34. The quantitative estimate of drug-likeness (QED) is 0.612. The van der Waals surface area contributed by atoms with Crippen molar-refractivity contribution in [2.45, 2.75) is 39.5 Å². The van der Waals surface area contributed by atoms with Crippen LogP contribution < -0.4 is 5.32 Å². The lowest BCUT2D eigenvalue weighted by atomic mass is 9.98. The molecule has 3 aromatic rings. The van der Waals surface area contributed by atoms with Crippen molar-refractivity contribution in [2.24, 2.45) is 0 Å². The molecule has 0 aliphatic carbocycles. The second-order valence-corrected chi connectivity index (χ2v) is 8.06. The average molecular weight is 379 g/mol. The predicted molar refractivity (Wildman–Crippen MR) is 117 cm³/mol. The van der Waals surface area contributed by atoms with Gasteiger partial charge < -0.3 is 15.2 Å². The number of imidazole rings is 1. The summed E-state index contributed by atoms with van der Waals surface area (Å²) in [4.78, 5) is 10.6. The van der Waals surface area contributed by atoms with Gasteiger partial charge in [-0.05, 0) is 75.2 Å². The molecule has 0 amide bonds. The van der Waals surface area contributed by atoms with Crippen molar-refractivity contribution in [1.29, 1.82) is 0 Å². The van der Waals surface area contributed by atoms with Crippen LogP contribution in [0.3, 0.4) is 0 Å². The number of aromatic nitrogens is 2. The van der Waals surface area contributed by atoms with Crippen LogP contribution in [0.15, 0.2) is 36.4 Å². The molecule has 0 spiro atoms. The predicted octanol–water partition coefficient (Wildman–Crippen LogP) is 5.06. The van der Waals surface area contributed by atoms with Gasteiger partial charge in [-0.25, -0.2) is 4.98 Å². The molecule has 2 aromatic carbocycles. The van der Waals surface area contributed by atoms with Gasteiger partial charge in [0.2, 0.25) is 0 Å². The number of hydrogen-bond acceptors (Lipinski definition) is 2. The molecule has 2 N–H and O–H groups in total. The van der Waals surface area contributed by atoms with E-state index in [1.807, 2.05) is 0 Å². The third kappa shape index (κ3) is 3.83. The van der Waals surface area contributed by atoms with Crippen molar-refractivity contribution >= 4 is 34.1 Å². The number of thiocarbonyl (C=S) groups is 1. The number of rotatable bonds is 2. The molecule has 0 unspecified atom stereocenters. The minimum absolute atomic E-state index is 0.380. The minimum Gasteiger partial charge on any atom is -0.348 e. The number of hydrogen-bond donors (Lipinski definition) is 2. The number of aromatic amines is 1. The molecule has 1 aliphatic heterocycles. The second-order valence-electron chi connectivity index (χ2n) is 7.68. The summed E-state index contributed by atoms with van der Waals surface area (Å²) in [5.41, 5.74) is 7.00. The first-order chi connectivity index (χ1) is 13.0. The van der Waals surface area contributed by atoms with Gasteiger partial charge >= 0.3 is 0 Å². The maximum atomic E-state index is 5.72. The van der Waals surface area contributed by atoms with Gasteiger partial charge in [0.15, 0.2) is 5.11 Å². The lowest BCUT2D eigenvalue weighted by Crippen LogP contribution is -2.41. The van der Waals surface area contributed by atoms with E-state index in [0.29, 0.717) is 5.92 Å². The van der Waals surface area contributed by atoms with Crippen molar-refractivity contribution < 1.29 is 0 Å². The van der Waals surface area contributed by atoms with Crippen molar-refractivity contribution in [3.63, 3.8) is 0 Å². The standard InChI is InChI=1S/C22H26N4S/c1-14-6-8-18(16(3)11-14)25-22(27)26-10-4-5-17(13-26)21-23-19-9-7-15(2)12-20(19)24-21/h6-9,11-12,17H,4-5,10,13H2,1-3H3,(H,23,24)(H,25,27)/t17-/m0/s1. The molecule has 1 aromatic heterocycles. The first-order valence-corrected chi connectivity index (χ1v) is 10.00. The number of aryl methyl sites for hydroxylation is 3. The van der Waals surface area contributed by atoms with Crippen molar-refractivity contribution in [2.75, 3.05) is 18.4 Å². The maximum Gasteiger partial charge on any atom is 0.173 e.